The summed E-state index contributed by atoms with van der Waals surface area (Å²) in [7, 11) is 5.09. The molecule has 1 aromatic heterocycles. The summed E-state index contributed by atoms with van der Waals surface area (Å²) in [5.41, 5.74) is 0.923. The quantitative estimate of drug-likeness (QED) is 0.913. The van der Waals surface area contributed by atoms with E-state index in [1.54, 1.807) is 25.6 Å². The molecule has 0 bridgehead atoms. The lowest BCUT2D eigenvalue weighted by molar-refractivity contribution is 0.355. The van der Waals surface area contributed by atoms with E-state index in [0.29, 0.717) is 16.5 Å². The SMILES string of the molecule is CNC(C)c1cnc(-c2cc(Cl)c(OC)c(OC)c2)s1. The first-order valence-corrected chi connectivity index (χ1v) is 7.35. The van der Waals surface area contributed by atoms with Gasteiger partial charge in [0.25, 0.3) is 0 Å². The highest BCUT2D eigenvalue weighted by Crippen LogP contribution is 2.40. The van der Waals surface area contributed by atoms with E-state index in [1.165, 1.54) is 4.88 Å². The van der Waals surface area contributed by atoms with Crippen molar-refractivity contribution in [2.24, 2.45) is 0 Å². The molecule has 108 valence electrons. The smallest absolute Gasteiger partial charge is 0.179 e. The predicted octanol–water partition coefficient (Wildman–Crippen LogP) is 3.76. The number of halogens is 1. The second-order valence-corrected chi connectivity index (χ2v) is 5.74. The van der Waals surface area contributed by atoms with E-state index in [2.05, 4.69) is 17.2 Å². The molecular weight excluding hydrogens is 296 g/mol. The molecule has 0 aliphatic heterocycles. The van der Waals surface area contributed by atoms with Crippen LogP contribution in [0.4, 0.5) is 0 Å². The molecule has 0 aliphatic rings. The largest absolute Gasteiger partial charge is 0.493 e. The number of nitrogens with zero attached hydrogens (tertiary/aromatic N) is 1. The molecule has 0 saturated carbocycles. The summed E-state index contributed by atoms with van der Waals surface area (Å²) >= 11 is 7.85. The van der Waals surface area contributed by atoms with Gasteiger partial charge in [0, 0.05) is 22.7 Å². The van der Waals surface area contributed by atoms with Crippen molar-refractivity contribution in [3.05, 3.63) is 28.2 Å². The Morgan fingerprint density at radius 1 is 1.30 bits per heavy atom. The first kappa shape index (κ1) is 15.1. The Labute approximate surface area is 127 Å². The van der Waals surface area contributed by atoms with E-state index in [-0.39, 0.29) is 6.04 Å². The molecule has 2 rings (SSSR count). The van der Waals surface area contributed by atoms with Gasteiger partial charge in [0.1, 0.15) is 5.01 Å². The average Bonchev–Trinajstić information content (AvgIpc) is 2.95. The van der Waals surface area contributed by atoms with Crippen molar-refractivity contribution in [1.82, 2.24) is 10.3 Å². The van der Waals surface area contributed by atoms with Gasteiger partial charge in [-0.05, 0) is 26.1 Å². The Morgan fingerprint density at radius 2 is 2.05 bits per heavy atom. The van der Waals surface area contributed by atoms with Crippen molar-refractivity contribution < 1.29 is 9.47 Å². The van der Waals surface area contributed by atoms with Gasteiger partial charge >= 0.3 is 0 Å². The lowest BCUT2D eigenvalue weighted by Gasteiger charge is -2.10. The van der Waals surface area contributed by atoms with Gasteiger partial charge in [0.05, 0.1) is 19.2 Å². The van der Waals surface area contributed by atoms with E-state index < -0.39 is 0 Å². The van der Waals surface area contributed by atoms with Crippen LogP contribution < -0.4 is 14.8 Å². The number of hydrogen-bond acceptors (Lipinski definition) is 5. The second-order valence-electron chi connectivity index (χ2n) is 4.27. The van der Waals surface area contributed by atoms with E-state index in [1.807, 2.05) is 25.4 Å². The van der Waals surface area contributed by atoms with Crippen LogP contribution in [-0.4, -0.2) is 26.3 Å². The van der Waals surface area contributed by atoms with Crippen LogP contribution in [0.1, 0.15) is 17.8 Å². The van der Waals surface area contributed by atoms with E-state index in [4.69, 9.17) is 21.1 Å². The molecule has 0 radical (unpaired) electrons. The summed E-state index contributed by atoms with van der Waals surface area (Å²) in [6.45, 7) is 2.10. The second kappa shape index (κ2) is 6.43. The number of benzene rings is 1. The molecule has 6 heteroatoms. The topological polar surface area (TPSA) is 43.4 Å². The molecule has 0 saturated heterocycles. The Hall–Kier alpha value is -1.30. The van der Waals surface area contributed by atoms with Crippen molar-refractivity contribution in [3.63, 3.8) is 0 Å². The maximum Gasteiger partial charge on any atom is 0.179 e. The highest BCUT2D eigenvalue weighted by molar-refractivity contribution is 7.15. The maximum atomic E-state index is 6.22. The monoisotopic (exact) mass is 312 g/mol. The van der Waals surface area contributed by atoms with E-state index >= 15 is 0 Å². The molecular formula is C14H17ClN2O2S. The lowest BCUT2D eigenvalue weighted by Crippen LogP contribution is -2.10. The normalized spacial score (nSPS) is 12.2. The Balaban J connectivity index is 2.42. The number of hydrogen-bond donors (Lipinski definition) is 1. The van der Waals surface area contributed by atoms with Crippen molar-refractivity contribution >= 4 is 22.9 Å². The van der Waals surface area contributed by atoms with Gasteiger partial charge < -0.3 is 14.8 Å². The van der Waals surface area contributed by atoms with Crippen molar-refractivity contribution in [1.29, 1.82) is 0 Å². The summed E-state index contributed by atoms with van der Waals surface area (Å²) in [5, 5.41) is 4.62. The molecule has 2 aromatic rings. The minimum absolute atomic E-state index is 0.275. The average molecular weight is 313 g/mol. The molecule has 1 aromatic carbocycles. The Morgan fingerprint density at radius 3 is 2.65 bits per heavy atom. The molecule has 20 heavy (non-hydrogen) atoms. The predicted molar refractivity (Wildman–Crippen MR) is 83.1 cm³/mol. The van der Waals surface area contributed by atoms with Gasteiger partial charge in [0.15, 0.2) is 11.5 Å². The number of rotatable bonds is 5. The minimum Gasteiger partial charge on any atom is -0.493 e. The van der Waals surface area contributed by atoms with Gasteiger partial charge in [-0.15, -0.1) is 11.3 Å². The van der Waals surface area contributed by atoms with Gasteiger partial charge in [0.2, 0.25) is 0 Å². The zero-order chi connectivity index (χ0) is 14.7. The fourth-order valence-electron chi connectivity index (χ4n) is 1.80. The number of nitrogens with one attached hydrogen (secondary N) is 1. The van der Waals surface area contributed by atoms with Crippen LogP contribution in [0.5, 0.6) is 11.5 Å². The highest BCUT2D eigenvalue weighted by Gasteiger charge is 2.15. The third-order valence-corrected chi connectivity index (χ3v) is 4.57. The number of methoxy groups -OCH3 is 2. The molecule has 1 unspecified atom stereocenters. The number of ether oxygens (including phenoxy) is 2. The van der Waals surface area contributed by atoms with Crippen LogP contribution in [0.15, 0.2) is 18.3 Å². The van der Waals surface area contributed by atoms with E-state index in [0.717, 1.165) is 10.6 Å². The van der Waals surface area contributed by atoms with Crippen LogP contribution in [-0.2, 0) is 0 Å². The van der Waals surface area contributed by atoms with Gasteiger partial charge in [-0.1, -0.05) is 11.6 Å². The summed E-state index contributed by atoms with van der Waals surface area (Å²) in [6, 6.07) is 4.00. The van der Waals surface area contributed by atoms with Crippen molar-refractivity contribution in [3.8, 4) is 22.1 Å². The first-order valence-electron chi connectivity index (χ1n) is 6.15. The number of thiazole rings is 1. The molecule has 0 aliphatic carbocycles. The molecule has 0 fully saturated rings. The first-order chi connectivity index (χ1) is 9.60. The van der Waals surface area contributed by atoms with Crippen molar-refractivity contribution in [2.75, 3.05) is 21.3 Å². The van der Waals surface area contributed by atoms with Crippen LogP contribution in [0.3, 0.4) is 0 Å². The fraction of sp³-hybridized carbons (Fsp3) is 0.357. The standard InChI is InChI=1S/C14H17ClN2O2S/c1-8(16-2)12-7-17-14(20-12)9-5-10(15)13(19-4)11(6-9)18-3/h5-8,16H,1-4H3. The van der Waals surface area contributed by atoms with E-state index in [9.17, 15) is 0 Å². The zero-order valence-electron chi connectivity index (χ0n) is 11.9. The molecule has 4 nitrogen and oxygen atoms in total. The van der Waals surface area contributed by atoms with Crippen molar-refractivity contribution in [2.45, 2.75) is 13.0 Å². The molecule has 0 spiro atoms. The summed E-state index contributed by atoms with van der Waals surface area (Å²) in [6.07, 6.45) is 1.88. The Bertz CT molecular complexity index is 601. The minimum atomic E-state index is 0.275. The zero-order valence-corrected chi connectivity index (χ0v) is 13.4. The molecule has 1 N–H and O–H groups in total. The van der Waals surface area contributed by atoms with Crippen LogP contribution in [0.25, 0.3) is 10.6 Å². The summed E-state index contributed by atoms with van der Waals surface area (Å²) in [4.78, 5) is 5.63. The summed E-state index contributed by atoms with van der Waals surface area (Å²) < 4.78 is 10.5. The third kappa shape index (κ3) is 2.90. The summed E-state index contributed by atoms with van der Waals surface area (Å²) in [5.74, 6) is 1.15. The molecule has 1 heterocycles. The van der Waals surface area contributed by atoms with Crippen LogP contribution in [0, 0.1) is 0 Å². The third-order valence-electron chi connectivity index (χ3n) is 3.06. The molecule has 1 atom stereocenters. The lowest BCUT2D eigenvalue weighted by atomic mass is 10.2. The fourth-order valence-corrected chi connectivity index (χ4v) is 3.06. The van der Waals surface area contributed by atoms with Crippen LogP contribution >= 0.6 is 22.9 Å². The highest BCUT2D eigenvalue weighted by atomic mass is 35.5. The Kier molecular flexibility index (Phi) is 4.86. The number of aromatic nitrogens is 1. The maximum absolute atomic E-state index is 6.22. The van der Waals surface area contributed by atoms with Gasteiger partial charge in [-0.3, -0.25) is 0 Å². The van der Waals surface area contributed by atoms with Crippen LogP contribution in [0.2, 0.25) is 5.02 Å². The molecule has 0 amide bonds. The van der Waals surface area contributed by atoms with Gasteiger partial charge in [-0.2, -0.15) is 0 Å². The van der Waals surface area contributed by atoms with Gasteiger partial charge in [-0.25, -0.2) is 4.98 Å².